The Bertz CT molecular complexity index is 1260. The number of hydrazone groups is 1. The van der Waals surface area contributed by atoms with Crippen LogP contribution in [0.2, 0.25) is 0 Å². The molecule has 1 heterocycles. The summed E-state index contributed by atoms with van der Waals surface area (Å²) >= 11 is 3.36. The van der Waals surface area contributed by atoms with E-state index in [2.05, 4.69) is 42.0 Å². The molecule has 1 saturated heterocycles. The number of nitrogens with one attached hydrogen (secondary N) is 3. The van der Waals surface area contributed by atoms with Crippen LogP contribution in [0.25, 0.3) is 0 Å². The van der Waals surface area contributed by atoms with E-state index < -0.39 is 5.91 Å². The normalized spacial score (nSPS) is 13.9. The highest BCUT2D eigenvalue weighted by atomic mass is 79.9. The fraction of sp³-hybridized carbons (Fsp3) is 0.250. The van der Waals surface area contributed by atoms with Crippen molar-refractivity contribution in [2.75, 3.05) is 44.7 Å². The fourth-order valence-electron chi connectivity index (χ4n) is 3.85. The number of amides is 2. The fourth-order valence-corrected chi connectivity index (χ4v) is 4.21. The van der Waals surface area contributed by atoms with Crippen LogP contribution in [0.3, 0.4) is 0 Å². The second-order valence-corrected chi connectivity index (χ2v) is 9.64. The molecule has 1 fully saturated rings. The third kappa shape index (κ3) is 8.29. The number of nitrogens with zero attached hydrogens (tertiary/aromatic N) is 2. The summed E-state index contributed by atoms with van der Waals surface area (Å²) in [4.78, 5) is 28.1. The molecule has 0 bridgehead atoms. The Labute approximate surface area is 229 Å². The molecule has 1 aliphatic heterocycles. The highest BCUT2D eigenvalue weighted by Crippen LogP contribution is 2.22. The standard InChI is InChI=1S/C28H29BrFN5O3/c29-23-7-10-26(25(17-23)28(37)34-32-19-21-3-8-24(30)9-4-21)33-27(36)22-5-1-20(2-6-22)18-31-11-12-35-13-15-38-16-14-35/h1-10,17,19,31H,11-16,18H2,(H,33,36)(H,34,37). The van der Waals surface area contributed by atoms with Crippen molar-refractivity contribution in [3.63, 3.8) is 0 Å². The minimum atomic E-state index is -0.501. The maximum absolute atomic E-state index is 13.0. The van der Waals surface area contributed by atoms with Gasteiger partial charge in [0, 0.05) is 42.8 Å². The van der Waals surface area contributed by atoms with Crippen LogP contribution in [-0.4, -0.2) is 62.3 Å². The lowest BCUT2D eigenvalue weighted by atomic mass is 10.1. The molecule has 2 amide bonds. The van der Waals surface area contributed by atoms with Gasteiger partial charge in [-0.3, -0.25) is 14.5 Å². The third-order valence-corrected chi connectivity index (χ3v) is 6.47. The lowest BCUT2D eigenvalue weighted by Crippen LogP contribution is -2.40. The number of carbonyl (C=O) groups excluding carboxylic acids is 2. The van der Waals surface area contributed by atoms with E-state index in [1.165, 1.54) is 18.3 Å². The van der Waals surface area contributed by atoms with Gasteiger partial charge in [-0.1, -0.05) is 40.2 Å². The number of carbonyl (C=O) groups is 2. The summed E-state index contributed by atoms with van der Waals surface area (Å²) < 4.78 is 19.1. The van der Waals surface area contributed by atoms with Crippen molar-refractivity contribution in [3.05, 3.63) is 99.3 Å². The lowest BCUT2D eigenvalue weighted by molar-refractivity contribution is 0.0384. The van der Waals surface area contributed by atoms with Gasteiger partial charge < -0.3 is 15.4 Å². The Balaban J connectivity index is 1.31. The molecule has 3 aromatic carbocycles. The zero-order chi connectivity index (χ0) is 26.7. The molecule has 0 aliphatic carbocycles. The van der Waals surface area contributed by atoms with E-state index >= 15 is 0 Å². The lowest BCUT2D eigenvalue weighted by Gasteiger charge is -2.26. The highest BCUT2D eigenvalue weighted by molar-refractivity contribution is 9.10. The van der Waals surface area contributed by atoms with Gasteiger partial charge in [0.1, 0.15) is 5.82 Å². The number of rotatable bonds is 10. The number of ether oxygens (including phenoxy) is 1. The molecule has 3 aromatic rings. The van der Waals surface area contributed by atoms with Gasteiger partial charge in [0.15, 0.2) is 0 Å². The Morgan fingerprint density at radius 3 is 2.47 bits per heavy atom. The molecule has 10 heteroatoms. The Kier molecular flexibility index (Phi) is 10.1. The molecule has 0 aromatic heterocycles. The van der Waals surface area contributed by atoms with Crippen molar-refractivity contribution < 1.29 is 18.7 Å². The average molecular weight is 582 g/mol. The summed E-state index contributed by atoms with van der Waals surface area (Å²) in [6, 6.07) is 18.0. The van der Waals surface area contributed by atoms with Crippen LogP contribution in [-0.2, 0) is 11.3 Å². The van der Waals surface area contributed by atoms with Gasteiger partial charge in [0.25, 0.3) is 11.8 Å². The van der Waals surface area contributed by atoms with Gasteiger partial charge in [-0.05, 0) is 53.6 Å². The van der Waals surface area contributed by atoms with Crippen LogP contribution in [0, 0.1) is 5.82 Å². The first kappa shape index (κ1) is 27.6. The summed E-state index contributed by atoms with van der Waals surface area (Å²) in [5.41, 5.74) is 5.22. The van der Waals surface area contributed by atoms with Gasteiger partial charge in [-0.2, -0.15) is 5.10 Å². The summed E-state index contributed by atoms with van der Waals surface area (Å²) in [6.07, 6.45) is 1.41. The topological polar surface area (TPSA) is 95.1 Å². The van der Waals surface area contributed by atoms with E-state index in [9.17, 15) is 14.0 Å². The van der Waals surface area contributed by atoms with E-state index in [0.29, 0.717) is 27.8 Å². The molecule has 8 nitrogen and oxygen atoms in total. The summed E-state index contributed by atoms with van der Waals surface area (Å²) in [7, 11) is 0. The molecule has 0 unspecified atom stereocenters. The van der Waals surface area contributed by atoms with Crippen molar-refractivity contribution in [3.8, 4) is 0 Å². The molecule has 38 heavy (non-hydrogen) atoms. The number of hydrogen-bond donors (Lipinski definition) is 3. The second-order valence-electron chi connectivity index (χ2n) is 8.72. The van der Waals surface area contributed by atoms with Crippen LogP contribution in [0.5, 0.6) is 0 Å². The maximum Gasteiger partial charge on any atom is 0.273 e. The molecular formula is C28H29BrFN5O3. The molecule has 0 atom stereocenters. The number of benzene rings is 3. The van der Waals surface area contributed by atoms with Crippen LogP contribution >= 0.6 is 15.9 Å². The summed E-state index contributed by atoms with van der Waals surface area (Å²) in [6.45, 7) is 6.09. The maximum atomic E-state index is 13.0. The Morgan fingerprint density at radius 1 is 1.00 bits per heavy atom. The largest absolute Gasteiger partial charge is 0.379 e. The first-order chi connectivity index (χ1) is 18.5. The van der Waals surface area contributed by atoms with Crippen molar-refractivity contribution in [2.45, 2.75) is 6.54 Å². The number of anilines is 1. The van der Waals surface area contributed by atoms with E-state index in [4.69, 9.17) is 4.74 Å². The quantitative estimate of drug-likeness (QED) is 0.191. The molecule has 0 radical (unpaired) electrons. The highest BCUT2D eigenvalue weighted by Gasteiger charge is 2.15. The van der Waals surface area contributed by atoms with Crippen LogP contribution < -0.4 is 16.1 Å². The van der Waals surface area contributed by atoms with Gasteiger partial charge in [0.05, 0.1) is 30.7 Å². The van der Waals surface area contributed by atoms with Gasteiger partial charge in [0.2, 0.25) is 0 Å². The first-order valence-electron chi connectivity index (χ1n) is 12.3. The van der Waals surface area contributed by atoms with Crippen LogP contribution in [0.1, 0.15) is 31.8 Å². The van der Waals surface area contributed by atoms with E-state index in [0.717, 1.165) is 45.0 Å². The molecule has 3 N–H and O–H groups in total. The van der Waals surface area contributed by atoms with Crippen molar-refractivity contribution in [1.29, 1.82) is 0 Å². The van der Waals surface area contributed by atoms with Crippen molar-refractivity contribution in [2.24, 2.45) is 5.10 Å². The SMILES string of the molecule is O=C(Nc1ccc(Br)cc1C(=O)NN=Cc1ccc(F)cc1)c1ccc(CNCCN2CCOCC2)cc1. The Hall–Kier alpha value is -3.44. The molecule has 1 aliphatic rings. The minimum absolute atomic E-state index is 0.241. The minimum Gasteiger partial charge on any atom is -0.379 e. The summed E-state index contributed by atoms with van der Waals surface area (Å²) in [5.74, 6) is -1.19. The van der Waals surface area contributed by atoms with Gasteiger partial charge >= 0.3 is 0 Å². The van der Waals surface area contributed by atoms with E-state index in [1.54, 1.807) is 42.5 Å². The third-order valence-electron chi connectivity index (χ3n) is 5.98. The van der Waals surface area contributed by atoms with Crippen LogP contribution in [0.4, 0.5) is 10.1 Å². The van der Waals surface area contributed by atoms with Gasteiger partial charge in [-0.25, -0.2) is 9.82 Å². The smallest absolute Gasteiger partial charge is 0.273 e. The molecule has 0 spiro atoms. The zero-order valence-electron chi connectivity index (χ0n) is 20.8. The molecule has 0 saturated carbocycles. The monoisotopic (exact) mass is 581 g/mol. The van der Waals surface area contributed by atoms with Gasteiger partial charge in [-0.15, -0.1) is 0 Å². The second kappa shape index (κ2) is 13.9. The van der Waals surface area contributed by atoms with Crippen molar-refractivity contribution in [1.82, 2.24) is 15.6 Å². The van der Waals surface area contributed by atoms with E-state index in [-0.39, 0.29) is 17.3 Å². The number of hydrogen-bond acceptors (Lipinski definition) is 6. The summed E-state index contributed by atoms with van der Waals surface area (Å²) in [5, 5.41) is 10.2. The molecule has 198 valence electrons. The van der Waals surface area contributed by atoms with Crippen LogP contribution in [0.15, 0.2) is 76.3 Å². The average Bonchev–Trinajstić information content (AvgIpc) is 2.94. The number of morpholine rings is 1. The first-order valence-corrected chi connectivity index (χ1v) is 13.1. The molecule has 4 rings (SSSR count). The van der Waals surface area contributed by atoms with E-state index in [1.807, 2.05) is 12.1 Å². The predicted molar refractivity (Wildman–Crippen MR) is 149 cm³/mol. The van der Waals surface area contributed by atoms with Crippen molar-refractivity contribution >= 4 is 39.6 Å². The Morgan fingerprint density at radius 2 is 1.74 bits per heavy atom. The number of halogens is 2. The zero-order valence-corrected chi connectivity index (χ0v) is 22.3. The molecular weight excluding hydrogens is 553 g/mol. The predicted octanol–water partition coefficient (Wildman–Crippen LogP) is 4.03.